The lowest BCUT2D eigenvalue weighted by Crippen LogP contribution is -3.00. The van der Waals surface area contributed by atoms with E-state index in [9.17, 15) is 9.59 Å². The highest BCUT2D eigenvalue weighted by atomic mass is 79.9. The number of hydrogen-bond acceptors (Lipinski definition) is 4. The van der Waals surface area contributed by atoms with Crippen molar-refractivity contribution < 1.29 is 35.9 Å². The van der Waals surface area contributed by atoms with Crippen molar-refractivity contribution in [3.8, 4) is 0 Å². The van der Waals surface area contributed by atoms with E-state index < -0.39 is 0 Å². The number of ketones is 1. The Morgan fingerprint density at radius 1 is 1.09 bits per heavy atom. The number of esters is 1. The van der Waals surface area contributed by atoms with Crippen molar-refractivity contribution in [2.75, 3.05) is 6.61 Å². The first-order chi connectivity index (χ1) is 15.4. The van der Waals surface area contributed by atoms with Crippen LogP contribution in [0.2, 0.25) is 0 Å². The summed E-state index contributed by atoms with van der Waals surface area (Å²) in [6.45, 7) is 2.79. The van der Waals surface area contributed by atoms with E-state index >= 15 is 0 Å². The van der Waals surface area contributed by atoms with Gasteiger partial charge >= 0.3 is 5.97 Å². The highest BCUT2D eigenvalue weighted by Gasteiger charge is 2.51. The van der Waals surface area contributed by atoms with Crippen molar-refractivity contribution in [1.82, 2.24) is 0 Å². The number of hydrogen-bond donors (Lipinski definition) is 0. The number of carbonyl (C=O) groups excluding carboxylic acids is 2. The molecular weight excluding hydrogens is 566 g/mol. The van der Waals surface area contributed by atoms with Gasteiger partial charge in [-0.3, -0.25) is 9.59 Å². The molecule has 2 aromatic rings. The summed E-state index contributed by atoms with van der Waals surface area (Å²) in [7, 11) is 0. The Bertz CT molecular complexity index is 982. The molecule has 1 aromatic heterocycles. The van der Waals surface area contributed by atoms with E-state index in [0.717, 1.165) is 27.9 Å². The van der Waals surface area contributed by atoms with Crippen LogP contribution in [0.25, 0.3) is 0 Å². The molecule has 4 aliphatic rings. The van der Waals surface area contributed by atoms with Crippen molar-refractivity contribution in [3.05, 3.63) is 50.4 Å². The minimum absolute atomic E-state index is 0. The highest BCUT2D eigenvalue weighted by molar-refractivity contribution is 9.10. The second-order valence-electron chi connectivity index (χ2n) is 10.4. The molecule has 33 heavy (non-hydrogen) atoms. The van der Waals surface area contributed by atoms with Crippen LogP contribution < -0.4 is 21.5 Å². The number of aromatic nitrogens is 1. The van der Waals surface area contributed by atoms with Crippen LogP contribution in [0, 0.1) is 30.1 Å². The molecule has 178 valence electrons. The standard InChI is InChI=1S/C26H31BrNO3S.BrH/c1-17-24(32-16-28(17)15-23(29)21-2-4-22(27)5-3-21)6-7-31-25(30)14-26-11-18-8-19(12-26)10-20(9-18)13-26;/h2-5,16,18-20H,6-15H2,1H3;1H/q+1;/p-1. The van der Waals surface area contributed by atoms with Crippen molar-refractivity contribution >= 4 is 39.0 Å². The monoisotopic (exact) mass is 595 g/mol. The molecule has 7 heteroatoms. The summed E-state index contributed by atoms with van der Waals surface area (Å²) < 4.78 is 8.67. The smallest absolute Gasteiger partial charge is 0.306 e. The Labute approximate surface area is 219 Å². The summed E-state index contributed by atoms with van der Waals surface area (Å²) in [6.07, 6.45) is 9.24. The SMILES string of the molecule is Cc1c(CCOC(=O)CC23CC4CC(CC(C4)C2)C3)sc[n+]1CC(=O)c1ccc(Br)cc1.[Br-]. The molecule has 0 unspecified atom stereocenters. The molecule has 0 spiro atoms. The predicted octanol–water partition coefficient (Wildman–Crippen LogP) is 2.69. The maximum Gasteiger partial charge on any atom is 0.306 e. The molecule has 0 saturated heterocycles. The molecule has 1 heterocycles. The molecule has 0 amide bonds. The van der Waals surface area contributed by atoms with Gasteiger partial charge in [0, 0.05) is 23.4 Å². The first-order valence-electron chi connectivity index (χ1n) is 11.8. The van der Waals surface area contributed by atoms with Gasteiger partial charge in [0.1, 0.15) is 0 Å². The third-order valence-corrected chi connectivity index (χ3v) is 9.59. The van der Waals surface area contributed by atoms with Gasteiger partial charge in [-0.2, -0.15) is 4.57 Å². The quantitative estimate of drug-likeness (QED) is 0.267. The minimum atomic E-state index is -0.0144. The second kappa shape index (κ2) is 10.3. The third kappa shape index (κ3) is 5.62. The Kier molecular flexibility index (Phi) is 7.81. The number of carbonyl (C=O) groups is 2. The van der Waals surface area contributed by atoms with Crippen LogP contribution in [0.15, 0.2) is 34.2 Å². The molecule has 6 rings (SSSR count). The van der Waals surface area contributed by atoms with Gasteiger partial charge in [-0.1, -0.05) is 39.4 Å². The van der Waals surface area contributed by atoms with Crippen molar-refractivity contribution in [2.45, 2.75) is 64.8 Å². The molecule has 0 atom stereocenters. The molecule has 4 aliphatic carbocycles. The van der Waals surface area contributed by atoms with Crippen LogP contribution in [0.1, 0.15) is 65.9 Å². The maximum atomic E-state index is 12.7. The number of thiazole rings is 1. The largest absolute Gasteiger partial charge is 1.00 e. The molecule has 1 aromatic carbocycles. The summed E-state index contributed by atoms with van der Waals surface area (Å²) in [4.78, 5) is 26.4. The van der Waals surface area contributed by atoms with Crippen molar-refractivity contribution in [1.29, 1.82) is 0 Å². The van der Waals surface area contributed by atoms with Gasteiger partial charge in [-0.15, -0.1) is 0 Å². The number of halogens is 2. The fourth-order valence-corrected chi connectivity index (χ4v) is 8.09. The van der Waals surface area contributed by atoms with Gasteiger partial charge < -0.3 is 21.7 Å². The number of nitrogens with zero attached hydrogens (tertiary/aromatic N) is 1. The van der Waals surface area contributed by atoms with Gasteiger partial charge in [-0.25, -0.2) is 0 Å². The maximum absolute atomic E-state index is 12.7. The summed E-state index contributed by atoms with van der Waals surface area (Å²) in [6, 6.07) is 7.47. The molecule has 4 saturated carbocycles. The molecular formula is C26H31Br2NO3S. The summed E-state index contributed by atoms with van der Waals surface area (Å²) >= 11 is 5.04. The Morgan fingerprint density at radius 3 is 2.30 bits per heavy atom. The summed E-state index contributed by atoms with van der Waals surface area (Å²) in [5.74, 6) is 2.66. The average Bonchev–Trinajstić information content (AvgIpc) is 3.06. The van der Waals surface area contributed by atoms with Crippen LogP contribution in [0.5, 0.6) is 0 Å². The second-order valence-corrected chi connectivity index (χ2v) is 12.2. The zero-order chi connectivity index (χ0) is 22.3. The molecule has 4 nitrogen and oxygen atoms in total. The van der Waals surface area contributed by atoms with Crippen LogP contribution in [0.4, 0.5) is 0 Å². The van der Waals surface area contributed by atoms with E-state index in [2.05, 4.69) is 15.9 Å². The van der Waals surface area contributed by atoms with Gasteiger partial charge in [-0.05, 0) is 73.8 Å². The first-order valence-corrected chi connectivity index (χ1v) is 13.5. The lowest BCUT2D eigenvalue weighted by atomic mass is 9.49. The number of rotatable bonds is 8. The van der Waals surface area contributed by atoms with Gasteiger partial charge in [0.05, 0.1) is 17.9 Å². The van der Waals surface area contributed by atoms with Crippen molar-refractivity contribution in [3.63, 3.8) is 0 Å². The van der Waals surface area contributed by atoms with Crippen LogP contribution in [0.3, 0.4) is 0 Å². The van der Waals surface area contributed by atoms with E-state index in [1.807, 2.05) is 41.3 Å². The fraction of sp³-hybridized carbons (Fsp3) is 0.577. The minimum Gasteiger partial charge on any atom is -1.00 e. The van der Waals surface area contributed by atoms with Gasteiger partial charge in [0.2, 0.25) is 17.8 Å². The van der Waals surface area contributed by atoms with Crippen LogP contribution in [-0.4, -0.2) is 18.4 Å². The van der Waals surface area contributed by atoms with Crippen LogP contribution in [-0.2, 0) is 22.5 Å². The van der Waals surface area contributed by atoms with Crippen LogP contribution >= 0.6 is 27.3 Å². The average molecular weight is 597 g/mol. The van der Waals surface area contributed by atoms with E-state index in [0.29, 0.717) is 31.6 Å². The summed E-state index contributed by atoms with van der Waals surface area (Å²) in [5, 5.41) is 0. The number of Topliss-reactive ketones (excluding diaryl/α,β-unsaturated/α-hetero) is 1. The zero-order valence-corrected chi connectivity index (χ0v) is 23.0. The Morgan fingerprint density at radius 2 is 1.70 bits per heavy atom. The summed E-state index contributed by atoms with van der Waals surface area (Å²) in [5.41, 5.74) is 4.03. The Hall–Kier alpha value is -1.05. The fourth-order valence-electron chi connectivity index (χ4n) is 6.85. The van der Waals surface area contributed by atoms with E-state index in [1.54, 1.807) is 11.3 Å². The lowest BCUT2D eigenvalue weighted by Gasteiger charge is -2.56. The van der Waals surface area contributed by atoms with E-state index in [1.165, 1.54) is 43.4 Å². The van der Waals surface area contributed by atoms with E-state index in [-0.39, 0.29) is 34.1 Å². The zero-order valence-electron chi connectivity index (χ0n) is 19.0. The normalized spacial score (nSPS) is 27.3. The molecule has 0 radical (unpaired) electrons. The Balaban J connectivity index is 0.00000259. The number of ether oxygens (including phenoxy) is 1. The predicted molar refractivity (Wildman–Crippen MR) is 128 cm³/mol. The highest BCUT2D eigenvalue weighted by Crippen LogP contribution is 2.61. The van der Waals surface area contributed by atoms with Gasteiger partial charge in [0.25, 0.3) is 0 Å². The third-order valence-electron chi connectivity index (χ3n) is 7.91. The molecule has 0 aliphatic heterocycles. The van der Waals surface area contributed by atoms with Crippen molar-refractivity contribution in [2.24, 2.45) is 23.2 Å². The topological polar surface area (TPSA) is 47.2 Å². The number of benzene rings is 1. The first kappa shape index (κ1) is 25.1. The van der Waals surface area contributed by atoms with Gasteiger partial charge in [0.15, 0.2) is 5.69 Å². The molecule has 0 N–H and O–H groups in total. The van der Waals surface area contributed by atoms with E-state index in [4.69, 9.17) is 4.74 Å². The lowest BCUT2D eigenvalue weighted by molar-refractivity contribution is -0.684. The molecule has 4 bridgehead atoms. The molecule has 4 fully saturated rings.